The van der Waals surface area contributed by atoms with Crippen molar-refractivity contribution in [3.8, 4) is 5.75 Å². The lowest BCUT2D eigenvalue weighted by atomic mass is 10.1. The number of halogens is 1. The summed E-state index contributed by atoms with van der Waals surface area (Å²) in [7, 11) is 0. The number of benzene rings is 2. The van der Waals surface area contributed by atoms with E-state index in [1.54, 1.807) is 6.07 Å². The molecule has 0 aromatic heterocycles. The van der Waals surface area contributed by atoms with Gasteiger partial charge in [0.2, 0.25) is 0 Å². The van der Waals surface area contributed by atoms with Crippen molar-refractivity contribution in [1.29, 1.82) is 0 Å². The maximum absolute atomic E-state index is 10.8. The van der Waals surface area contributed by atoms with Gasteiger partial charge in [-0.25, -0.2) is 0 Å². The van der Waals surface area contributed by atoms with Crippen LogP contribution in [0.5, 0.6) is 5.75 Å². The summed E-state index contributed by atoms with van der Waals surface area (Å²) in [6.45, 7) is 1.98. The molecule has 1 unspecified atom stereocenters. The van der Waals surface area contributed by atoms with Crippen LogP contribution in [0.15, 0.2) is 53.0 Å². The third-order valence-corrected chi connectivity index (χ3v) is 3.40. The van der Waals surface area contributed by atoms with Crippen molar-refractivity contribution in [1.82, 2.24) is 0 Å². The molecule has 0 amide bonds. The average molecular weight is 305 g/mol. The Morgan fingerprint density at radius 3 is 2.56 bits per heavy atom. The van der Waals surface area contributed by atoms with Crippen molar-refractivity contribution in [3.63, 3.8) is 0 Å². The summed E-state index contributed by atoms with van der Waals surface area (Å²) >= 11 is 3.31. The number of hydrogen-bond donors (Lipinski definition) is 0. The van der Waals surface area contributed by atoms with Crippen molar-refractivity contribution >= 4 is 22.2 Å². The Morgan fingerprint density at radius 1 is 1.17 bits per heavy atom. The maximum atomic E-state index is 10.8. The monoisotopic (exact) mass is 304 g/mol. The molecule has 2 aromatic rings. The molecule has 0 aliphatic heterocycles. The molecule has 0 N–H and O–H groups in total. The Balaban J connectivity index is 2.17. The normalized spacial score (nSPS) is 11.9. The minimum absolute atomic E-state index is 0.0492. The zero-order valence-corrected chi connectivity index (χ0v) is 11.6. The number of hydrogen-bond acceptors (Lipinski definition) is 2. The molecule has 2 rings (SSSR count). The molecule has 0 saturated carbocycles. The van der Waals surface area contributed by atoms with E-state index in [1.807, 2.05) is 49.4 Å². The Bertz CT molecular complexity index is 537. The van der Waals surface area contributed by atoms with Gasteiger partial charge in [-0.15, -0.1) is 0 Å². The second kappa shape index (κ2) is 5.83. The second-order valence-electron chi connectivity index (χ2n) is 3.97. The van der Waals surface area contributed by atoms with Gasteiger partial charge in [0.25, 0.3) is 0 Å². The van der Waals surface area contributed by atoms with Gasteiger partial charge >= 0.3 is 0 Å². The molecule has 0 radical (unpaired) electrons. The molecule has 0 aliphatic rings. The lowest BCUT2D eigenvalue weighted by Crippen LogP contribution is -2.03. The Morgan fingerprint density at radius 2 is 1.89 bits per heavy atom. The minimum Gasteiger partial charge on any atom is -0.486 e. The molecule has 0 spiro atoms. The van der Waals surface area contributed by atoms with Crippen molar-refractivity contribution in [2.75, 3.05) is 0 Å². The Hall–Kier alpha value is -1.61. The van der Waals surface area contributed by atoms with Crippen molar-refractivity contribution in [2.45, 2.75) is 13.0 Å². The standard InChI is InChI=1S/C15H13BrO2/c1-11(12-5-3-2-4-6-12)18-14-7-8-15(16)13(9-14)10-17/h2-11H,1H3. The van der Waals surface area contributed by atoms with E-state index in [2.05, 4.69) is 15.9 Å². The predicted molar refractivity (Wildman–Crippen MR) is 75.0 cm³/mol. The quantitative estimate of drug-likeness (QED) is 0.783. The molecule has 0 aliphatic carbocycles. The fourth-order valence-electron chi connectivity index (χ4n) is 1.68. The molecular formula is C15H13BrO2. The van der Waals surface area contributed by atoms with E-state index < -0.39 is 0 Å². The van der Waals surface area contributed by atoms with Crippen molar-refractivity contribution < 1.29 is 9.53 Å². The summed E-state index contributed by atoms with van der Waals surface area (Å²) < 4.78 is 6.59. The van der Waals surface area contributed by atoms with Crippen LogP contribution >= 0.6 is 15.9 Å². The number of rotatable bonds is 4. The van der Waals surface area contributed by atoms with Gasteiger partial charge in [0.05, 0.1) is 0 Å². The molecule has 0 heterocycles. The van der Waals surface area contributed by atoms with Crippen LogP contribution in [0.3, 0.4) is 0 Å². The first-order chi connectivity index (χ1) is 8.70. The summed E-state index contributed by atoms with van der Waals surface area (Å²) in [5.74, 6) is 0.691. The van der Waals surface area contributed by atoms with Gasteiger partial charge in [-0.3, -0.25) is 4.79 Å². The van der Waals surface area contributed by atoms with Gasteiger partial charge in [-0.05, 0) is 30.7 Å². The van der Waals surface area contributed by atoms with Crippen LogP contribution in [0.1, 0.15) is 28.9 Å². The lowest BCUT2D eigenvalue weighted by Gasteiger charge is -2.15. The highest BCUT2D eigenvalue weighted by Crippen LogP contribution is 2.25. The zero-order valence-electron chi connectivity index (χ0n) is 9.97. The van der Waals surface area contributed by atoms with Crippen molar-refractivity contribution in [2.24, 2.45) is 0 Å². The van der Waals surface area contributed by atoms with Crippen LogP contribution in [0, 0.1) is 0 Å². The fraction of sp³-hybridized carbons (Fsp3) is 0.133. The van der Waals surface area contributed by atoms with Gasteiger partial charge in [-0.1, -0.05) is 46.3 Å². The summed E-state index contributed by atoms with van der Waals surface area (Å²) in [6, 6.07) is 15.4. The van der Waals surface area contributed by atoms with Crippen LogP contribution in [0.2, 0.25) is 0 Å². The highest BCUT2D eigenvalue weighted by molar-refractivity contribution is 9.10. The predicted octanol–water partition coefficient (Wildman–Crippen LogP) is 4.40. The molecule has 2 aromatic carbocycles. The number of aldehydes is 1. The van der Waals surface area contributed by atoms with Crippen LogP contribution in [0.25, 0.3) is 0 Å². The average Bonchev–Trinajstić information content (AvgIpc) is 2.42. The van der Waals surface area contributed by atoms with E-state index in [-0.39, 0.29) is 6.10 Å². The molecule has 18 heavy (non-hydrogen) atoms. The molecule has 2 nitrogen and oxygen atoms in total. The van der Waals surface area contributed by atoms with E-state index in [0.29, 0.717) is 11.3 Å². The fourth-order valence-corrected chi connectivity index (χ4v) is 2.02. The highest BCUT2D eigenvalue weighted by Gasteiger charge is 2.08. The molecule has 1 atom stereocenters. The number of carbonyl (C=O) groups is 1. The summed E-state index contributed by atoms with van der Waals surface area (Å²) in [4.78, 5) is 10.8. The molecule has 0 fully saturated rings. The first-order valence-electron chi connectivity index (χ1n) is 5.67. The van der Waals surface area contributed by atoms with Gasteiger partial charge in [-0.2, -0.15) is 0 Å². The lowest BCUT2D eigenvalue weighted by molar-refractivity contribution is 0.112. The number of carbonyl (C=O) groups excluding carboxylic acids is 1. The summed E-state index contributed by atoms with van der Waals surface area (Å²) in [6.07, 6.45) is 0.760. The molecule has 3 heteroatoms. The summed E-state index contributed by atoms with van der Waals surface area (Å²) in [5, 5.41) is 0. The second-order valence-corrected chi connectivity index (χ2v) is 4.83. The van der Waals surface area contributed by atoms with Crippen LogP contribution in [0.4, 0.5) is 0 Å². The van der Waals surface area contributed by atoms with E-state index in [0.717, 1.165) is 16.3 Å². The molecule has 0 saturated heterocycles. The van der Waals surface area contributed by atoms with Gasteiger partial charge in [0.15, 0.2) is 6.29 Å². The van der Waals surface area contributed by atoms with E-state index in [1.165, 1.54) is 0 Å². The minimum atomic E-state index is -0.0492. The van der Waals surface area contributed by atoms with E-state index in [9.17, 15) is 4.79 Å². The highest BCUT2D eigenvalue weighted by atomic mass is 79.9. The smallest absolute Gasteiger partial charge is 0.151 e. The zero-order chi connectivity index (χ0) is 13.0. The first kappa shape index (κ1) is 12.8. The molecule has 92 valence electrons. The largest absolute Gasteiger partial charge is 0.486 e. The molecule has 0 bridgehead atoms. The van der Waals surface area contributed by atoms with E-state index in [4.69, 9.17) is 4.74 Å². The Kier molecular flexibility index (Phi) is 4.15. The maximum Gasteiger partial charge on any atom is 0.151 e. The van der Waals surface area contributed by atoms with Crippen LogP contribution < -0.4 is 4.74 Å². The van der Waals surface area contributed by atoms with Gasteiger partial charge < -0.3 is 4.74 Å². The van der Waals surface area contributed by atoms with Crippen LogP contribution in [-0.4, -0.2) is 6.29 Å². The SMILES string of the molecule is CC(Oc1ccc(Br)c(C=O)c1)c1ccccc1. The van der Waals surface area contributed by atoms with E-state index >= 15 is 0 Å². The topological polar surface area (TPSA) is 26.3 Å². The van der Waals surface area contributed by atoms with Crippen molar-refractivity contribution in [3.05, 3.63) is 64.1 Å². The Labute approximate surface area is 115 Å². The number of ether oxygens (including phenoxy) is 1. The van der Waals surface area contributed by atoms with Gasteiger partial charge in [0, 0.05) is 10.0 Å². The third kappa shape index (κ3) is 2.99. The van der Waals surface area contributed by atoms with Gasteiger partial charge in [0.1, 0.15) is 11.9 Å². The van der Waals surface area contributed by atoms with Crippen LogP contribution in [-0.2, 0) is 0 Å². The third-order valence-electron chi connectivity index (χ3n) is 2.68. The summed E-state index contributed by atoms with van der Waals surface area (Å²) in [5.41, 5.74) is 1.70. The first-order valence-corrected chi connectivity index (χ1v) is 6.46. The molecular weight excluding hydrogens is 292 g/mol.